The fourth-order valence-corrected chi connectivity index (χ4v) is 3.09. The molecule has 0 aliphatic carbocycles. The van der Waals surface area contributed by atoms with Gasteiger partial charge in [-0.25, -0.2) is 4.79 Å². The lowest BCUT2D eigenvalue weighted by molar-refractivity contribution is 0.251. The molecule has 0 aliphatic heterocycles. The van der Waals surface area contributed by atoms with Crippen LogP contribution in [0.15, 0.2) is 78.0 Å². The van der Waals surface area contributed by atoms with E-state index in [0.717, 1.165) is 28.4 Å². The van der Waals surface area contributed by atoms with E-state index in [1.807, 2.05) is 60.7 Å². The predicted molar refractivity (Wildman–Crippen MR) is 112 cm³/mol. The van der Waals surface area contributed by atoms with Crippen molar-refractivity contribution in [1.82, 2.24) is 15.0 Å². The predicted octanol–water partition coefficient (Wildman–Crippen LogP) is 4.21. The Labute approximate surface area is 168 Å². The van der Waals surface area contributed by atoms with Gasteiger partial charge in [0.15, 0.2) is 0 Å². The van der Waals surface area contributed by atoms with Crippen molar-refractivity contribution in [3.63, 3.8) is 0 Å². The molecule has 0 radical (unpaired) electrons. The molecule has 0 saturated heterocycles. The van der Waals surface area contributed by atoms with Crippen molar-refractivity contribution in [3.8, 4) is 5.75 Å². The third kappa shape index (κ3) is 6.29. The number of ether oxygens (including phenoxy) is 1. The van der Waals surface area contributed by atoms with Crippen LogP contribution in [-0.4, -0.2) is 18.1 Å². The number of anilines is 1. The zero-order chi connectivity index (χ0) is 19.6. The van der Waals surface area contributed by atoms with E-state index in [1.54, 1.807) is 31.5 Å². The number of aromatic nitrogens is 1. The Kier molecular flexibility index (Phi) is 7.29. The molecule has 28 heavy (non-hydrogen) atoms. The largest absolute Gasteiger partial charge is 0.497 e. The molecule has 0 aliphatic rings. The molecule has 2 amide bonds. The quantitative estimate of drug-likeness (QED) is 0.499. The van der Waals surface area contributed by atoms with E-state index in [1.165, 1.54) is 5.56 Å². The van der Waals surface area contributed by atoms with Crippen LogP contribution in [0.5, 0.6) is 5.75 Å². The maximum atomic E-state index is 12.0. The molecule has 0 unspecified atom stereocenters. The number of hydrogen-bond donors (Lipinski definition) is 3. The molecule has 3 rings (SSSR count). The number of carbonyl (C=O) groups excluding carboxylic acids is 1. The molecule has 3 N–H and O–H groups in total. The molecule has 1 aromatic heterocycles. The fourth-order valence-electron chi connectivity index (χ4n) is 2.41. The summed E-state index contributed by atoms with van der Waals surface area (Å²) in [5.41, 5.74) is 2.92. The normalized spacial score (nSPS) is 10.3. The number of carbonyl (C=O) groups is 1. The molecule has 0 fully saturated rings. The summed E-state index contributed by atoms with van der Waals surface area (Å²) in [4.78, 5) is 17.0. The Balaban J connectivity index is 1.40. The van der Waals surface area contributed by atoms with Crippen LogP contribution in [0, 0.1) is 0 Å². The van der Waals surface area contributed by atoms with Crippen molar-refractivity contribution in [3.05, 3.63) is 84.2 Å². The van der Waals surface area contributed by atoms with Crippen LogP contribution in [0.25, 0.3) is 0 Å². The number of rotatable bonds is 8. The monoisotopic (exact) mass is 394 g/mol. The summed E-state index contributed by atoms with van der Waals surface area (Å²) >= 11 is 1.54. The zero-order valence-electron chi connectivity index (χ0n) is 15.5. The van der Waals surface area contributed by atoms with Crippen molar-refractivity contribution in [2.45, 2.75) is 18.0 Å². The first kappa shape index (κ1) is 19.7. The third-order valence-electron chi connectivity index (χ3n) is 3.94. The number of methoxy groups -OCH3 is 1. The minimum atomic E-state index is -0.241. The van der Waals surface area contributed by atoms with Crippen molar-refractivity contribution in [2.75, 3.05) is 12.4 Å². The van der Waals surface area contributed by atoms with Gasteiger partial charge in [-0.05, 0) is 71.6 Å². The third-order valence-corrected chi connectivity index (χ3v) is 4.74. The summed E-state index contributed by atoms with van der Waals surface area (Å²) in [6.07, 6.45) is 3.40. The summed E-state index contributed by atoms with van der Waals surface area (Å²) in [7, 11) is 1.66. The van der Waals surface area contributed by atoms with Gasteiger partial charge in [0.1, 0.15) is 5.75 Å². The molecular weight excluding hydrogens is 372 g/mol. The molecule has 6 nitrogen and oxygen atoms in total. The van der Waals surface area contributed by atoms with E-state index >= 15 is 0 Å². The van der Waals surface area contributed by atoms with Gasteiger partial charge in [0, 0.05) is 36.1 Å². The first-order chi connectivity index (χ1) is 13.7. The van der Waals surface area contributed by atoms with Crippen LogP contribution in [0.3, 0.4) is 0 Å². The maximum absolute atomic E-state index is 12.0. The first-order valence-electron chi connectivity index (χ1n) is 8.79. The minimum absolute atomic E-state index is 0.241. The molecule has 2 aromatic carbocycles. The molecule has 0 spiro atoms. The van der Waals surface area contributed by atoms with Gasteiger partial charge in [-0.1, -0.05) is 12.1 Å². The Morgan fingerprint density at radius 2 is 1.61 bits per heavy atom. The number of pyridine rings is 1. The summed E-state index contributed by atoms with van der Waals surface area (Å²) in [6, 6.07) is 19.1. The molecule has 0 bridgehead atoms. The lowest BCUT2D eigenvalue weighted by atomic mass is 10.2. The second kappa shape index (κ2) is 10.3. The first-order valence-corrected chi connectivity index (χ1v) is 9.61. The van der Waals surface area contributed by atoms with Crippen LogP contribution in [0.4, 0.5) is 10.5 Å². The van der Waals surface area contributed by atoms with E-state index < -0.39 is 0 Å². The minimum Gasteiger partial charge on any atom is -0.497 e. The second-order valence-corrected chi connectivity index (χ2v) is 6.92. The second-order valence-electron chi connectivity index (χ2n) is 5.96. The van der Waals surface area contributed by atoms with Gasteiger partial charge in [-0.15, -0.1) is 0 Å². The molecule has 0 atom stereocenters. The van der Waals surface area contributed by atoms with E-state index in [2.05, 4.69) is 20.3 Å². The smallest absolute Gasteiger partial charge is 0.319 e. The molecule has 3 aromatic rings. The fraction of sp³-hybridized carbons (Fsp3) is 0.143. The summed E-state index contributed by atoms with van der Waals surface area (Å²) in [5, 5.41) is 5.64. The summed E-state index contributed by atoms with van der Waals surface area (Å²) in [6.45, 7) is 1.20. The average molecular weight is 395 g/mol. The number of amides is 2. The molecular formula is C21H22N4O2S. The van der Waals surface area contributed by atoms with Gasteiger partial charge in [0.25, 0.3) is 0 Å². The topological polar surface area (TPSA) is 75.3 Å². The Morgan fingerprint density at radius 1 is 0.929 bits per heavy atom. The van der Waals surface area contributed by atoms with Crippen LogP contribution in [0.1, 0.15) is 11.1 Å². The molecule has 7 heteroatoms. The standard InChI is InChI=1S/C21H22N4O2S/c1-27-19-6-2-16(3-7-19)15-24-28-20-8-4-18(5-9-20)25-21(26)23-14-17-10-12-22-13-11-17/h2-13,24H,14-15H2,1H3,(H2,23,25,26). The van der Waals surface area contributed by atoms with E-state index in [4.69, 9.17) is 4.74 Å². The lowest BCUT2D eigenvalue weighted by Gasteiger charge is -2.09. The van der Waals surface area contributed by atoms with Crippen LogP contribution >= 0.6 is 11.9 Å². The van der Waals surface area contributed by atoms with Gasteiger partial charge < -0.3 is 15.4 Å². The van der Waals surface area contributed by atoms with E-state index in [-0.39, 0.29) is 6.03 Å². The van der Waals surface area contributed by atoms with Gasteiger partial charge in [-0.3, -0.25) is 9.71 Å². The zero-order valence-corrected chi connectivity index (χ0v) is 16.3. The highest BCUT2D eigenvalue weighted by atomic mass is 32.2. The van der Waals surface area contributed by atoms with Crippen molar-refractivity contribution < 1.29 is 9.53 Å². The van der Waals surface area contributed by atoms with Gasteiger partial charge in [-0.2, -0.15) is 0 Å². The number of nitrogens with one attached hydrogen (secondary N) is 3. The van der Waals surface area contributed by atoms with E-state index in [0.29, 0.717) is 6.54 Å². The maximum Gasteiger partial charge on any atom is 0.319 e. The summed E-state index contributed by atoms with van der Waals surface area (Å²) in [5.74, 6) is 0.851. The highest BCUT2D eigenvalue weighted by molar-refractivity contribution is 7.97. The SMILES string of the molecule is COc1ccc(CNSc2ccc(NC(=O)NCc3ccncc3)cc2)cc1. The van der Waals surface area contributed by atoms with Crippen LogP contribution < -0.4 is 20.1 Å². The Morgan fingerprint density at radius 3 is 2.29 bits per heavy atom. The summed E-state index contributed by atoms with van der Waals surface area (Å²) < 4.78 is 8.48. The van der Waals surface area contributed by atoms with Crippen LogP contribution in [-0.2, 0) is 13.1 Å². The highest BCUT2D eigenvalue weighted by Crippen LogP contribution is 2.19. The van der Waals surface area contributed by atoms with Crippen molar-refractivity contribution in [2.24, 2.45) is 0 Å². The molecule has 0 saturated carbocycles. The average Bonchev–Trinajstić information content (AvgIpc) is 2.75. The highest BCUT2D eigenvalue weighted by Gasteiger charge is 2.02. The van der Waals surface area contributed by atoms with Gasteiger partial charge in [0.05, 0.1) is 7.11 Å². The van der Waals surface area contributed by atoms with E-state index in [9.17, 15) is 4.79 Å². The van der Waals surface area contributed by atoms with Gasteiger partial charge in [0.2, 0.25) is 0 Å². The lowest BCUT2D eigenvalue weighted by Crippen LogP contribution is -2.28. The number of nitrogens with zero attached hydrogens (tertiary/aromatic N) is 1. The van der Waals surface area contributed by atoms with Gasteiger partial charge >= 0.3 is 6.03 Å². The molecule has 1 heterocycles. The number of urea groups is 1. The number of benzene rings is 2. The Hall–Kier alpha value is -3.03. The van der Waals surface area contributed by atoms with Crippen LogP contribution in [0.2, 0.25) is 0 Å². The molecule has 144 valence electrons. The van der Waals surface area contributed by atoms with Crippen molar-refractivity contribution in [1.29, 1.82) is 0 Å². The number of hydrogen-bond acceptors (Lipinski definition) is 5. The Bertz CT molecular complexity index is 871. The van der Waals surface area contributed by atoms with Crippen molar-refractivity contribution >= 4 is 23.7 Å².